The van der Waals surface area contributed by atoms with Gasteiger partial charge in [-0.1, -0.05) is 173 Å². The highest BCUT2D eigenvalue weighted by Crippen LogP contribution is 2.53. The van der Waals surface area contributed by atoms with E-state index in [4.69, 9.17) is 10.2 Å². The molecule has 3 aliphatic rings. The second-order valence-corrected chi connectivity index (χ2v) is 18.1. The lowest BCUT2D eigenvalue weighted by molar-refractivity contribution is 0.660. The van der Waals surface area contributed by atoms with Gasteiger partial charge in [0.15, 0.2) is 11.6 Å². The molecule has 0 radical (unpaired) electrons. The van der Waals surface area contributed by atoms with Gasteiger partial charge in [-0.2, -0.15) is 0 Å². The predicted molar refractivity (Wildman–Crippen MR) is 253 cm³/mol. The normalized spacial score (nSPS) is 15.0. The first-order valence-electron chi connectivity index (χ1n) is 21.7. The molecule has 0 saturated carbocycles. The molecule has 0 atom stereocenters. The van der Waals surface area contributed by atoms with Crippen LogP contribution in [0.25, 0.3) is 95.9 Å². The van der Waals surface area contributed by atoms with Gasteiger partial charge in [-0.3, -0.25) is 4.57 Å². The van der Waals surface area contributed by atoms with Crippen molar-refractivity contribution < 1.29 is 0 Å². The van der Waals surface area contributed by atoms with E-state index in [-0.39, 0.29) is 10.8 Å². The zero-order valence-electron chi connectivity index (χ0n) is 35.0. The largest absolute Gasteiger partial charge is 0.275 e. The Labute approximate surface area is 357 Å². The fourth-order valence-electron chi connectivity index (χ4n) is 10.9. The third-order valence-corrected chi connectivity index (χ3v) is 14.0. The Morgan fingerprint density at radius 1 is 0.393 bits per heavy atom. The molecule has 3 aliphatic carbocycles. The summed E-state index contributed by atoms with van der Waals surface area (Å²) in [4.78, 5) is 0. The first-order chi connectivity index (χ1) is 29.8. The molecular weight excluding hydrogens is 739 g/mol. The highest BCUT2D eigenvalue weighted by Gasteiger charge is 2.38. The second-order valence-electron chi connectivity index (χ2n) is 18.1. The maximum Gasteiger partial charge on any atom is 0.168 e. The zero-order valence-corrected chi connectivity index (χ0v) is 35.0. The summed E-state index contributed by atoms with van der Waals surface area (Å²) in [5.74, 6) is 1.64. The number of fused-ring (bicyclic) bond motifs is 8. The molecule has 0 aliphatic heterocycles. The first-order valence-corrected chi connectivity index (χ1v) is 21.7. The van der Waals surface area contributed by atoms with Crippen LogP contribution in [0.1, 0.15) is 62.8 Å². The predicted octanol–water partition coefficient (Wildman–Crippen LogP) is 13.1. The summed E-state index contributed by atoms with van der Waals surface area (Å²) in [5.41, 5.74) is 19.0. The van der Waals surface area contributed by atoms with Gasteiger partial charge >= 0.3 is 0 Å². The van der Waals surface area contributed by atoms with Crippen LogP contribution in [0.4, 0.5) is 0 Å². The summed E-state index contributed by atoms with van der Waals surface area (Å²) in [6.07, 6.45) is 7.04. The topological polar surface area (TPSA) is 30.7 Å². The van der Waals surface area contributed by atoms with Crippen LogP contribution >= 0.6 is 0 Å². The fraction of sp³-hybridized carbons (Fsp3) is 0.138. The van der Waals surface area contributed by atoms with E-state index in [1.807, 2.05) is 6.07 Å². The van der Waals surface area contributed by atoms with Crippen LogP contribution in [-0.4, -0.2) is 14.8 Å². The highest BCUT2D eigenvalue weighted by atomic mass is 15.3. The van der Waals surface area contributed by atoms with Gasteiger partial charge in [0.25, 0.3) is 0 Å². The molecule has 61 heavy (non-hydrogen) atoms. The molecule has 1 heterocycles. The molecule has 8 aromatic carbocycles. The molecule has 3 nitrogen and oxygen atoms in total. The maximum absolute atomic E-state index is 4.83. The molecule has 0 bridgehead atoms. The molecule has 0 saturated heterocycles. The maximum atomic E-state index is 4.83. The molecule has 0 spiro atoms. The SMILES string of the molecule is CC1(C)c2ccccc2-c2ccc(-c3c4c(c(-c5ccc(-c6nnc(-c7ccccc7)n6-c6ccccc6)cc5)c5cc6c(cc35)-c3ccccc3C6(C)C)=CCCC=4)cc21. The van der Waals surface area contributed by atoms with Crippen molar-refractivity contribution in [2.24, 2.45) is 0 Å². The quantitative estimate of drug-likeness (QED) is 0.174. The third kappa shape index (κ3) is 5.23. The summed E-state index contributed by atoms with van der Waals surface area (Å²) in [6.45, 7) is 9.56. The first kappa shape index (κ1) is 35.8. The number of hydrogen-bond acceptors (Lipinski definition) is 2. The standard InChI is InChI=1S/C58H45N3/c1-57(2)49-25-15-13-21-41(49)43-32-31-39(33-51(43)57)54-45-24-12-11-23-44(45)53(48-35-52-46(34-47(48)54)42-22-14-16-26-50(42)58(52,3)4)36-27-29-38(30-28-36)56-60-59-55(37-17-7-5-8-18-37)61(56)40-19-9-6-10-20-40/h5-10,13-35H,11-12H2,1-4H3. The van der Waals surface area contributed by atoms with E-state index in [2.05, 4.69) is 202 Å². The molecular formula is C58H45N3. The lowest BCUT2D eigenvalue weighted by Crippen LogP contribution is -2.31. The average Bonchev–Trinajstić information content (AvgIpc) is 3.92. The van der Waals surface area contributed by atoms with Crippen molar-refractivity contribution in [2.45, 2.75) is 51.4 Å². The third-order valence-electron chi connectivity index (χ3n) is 14.0. The monoisotopic (exact) mass is 783 g/mol. The molecule has 0 unspecified atom stereocenters. The van der Waals surface area contributed by atoms with Crippen LogP contribution in [0, 0.1) is 0 Å². The zero-order chi connectivity index (χ0) is 41.0. The number of benzene rings is 8. The van der Waals surface area contributed by atoms with Crippen LogP contribution in [0.2, 0.25) is 0 Å². The van der Waals surface area contributed by atoms with Crippen molar-refractivity contribution in [1.29, 1.82) is 0 Å². The van der Waals surface area contributed by atoms with Crippen molar-refractivity contribution in [2.75, 3.05) is 0 Å². The molecule has 0 amide bonds. The average molecular weight is 784 g/mol. The summed E-state index contributed by atoms with van der Waals surface area (Å²) in [5, 5.41) is 14.9. The lowest BCUT2D eigenvalue weighted by atomic mass is 9.78. The van der Waals surface area contributed by atoms with Crippen LogP contribution in [0.5, 0.6) is 0 Å². The van der Waals surface area contributed by atoms with Crippen molar-refractivity contribution in [1.82, 2.24) is 14.8 Å². The highest BCUT2D eigenvalue weighted by molar-refractivity contribution is 6.09. The molecule has 9 aromatic rings. The molecule has 3 heteroatoms. The number of aromatic nitrogens is 3. The fourth-order valence-corrected chi connectivity index (χ4v) is 10.9. The lowest BCUT2D eigenvalue weighted by Gasteiger charge is -2.24. The number of para-hydroxylation sites is 1. The van der Waals surface area contributed by atoms with Gasteiger partial charge in [0.1, 0.15) is 0 Å². The Morgan fingerprint density at radius 3 is 1.49 bits per heavy atom. The van der Waals surface area contributed by atoms with Crippen molar-refractivity contribution >= 4 is 22.9 Å². The molecule has 12 rings (SSSR count). The minimum Gasteiger partial charge on any atom is -0.275 e. The van der Waals surface area contributed by atoms with Crippen LogP contribution in [-0.2, 0) is 10.8 Å². The minimum atomic E-state index is -0.130. The van der Waals surface area contributed by atoms with Gasteiger partial charge in [0, 0.05) is 27.6 Å². The Morgan fingerprint density at radius 2 is 0.852 bits per heavy atom. The van der Waals surface area contributed by atoms with Gasteiger partial charge in [0.05, 0.1) is 0 Å². The summed E-state index contributed by atoms with van der Waals surface area (Å²) in [7, 11) is 0. The Bertz CT molecular complexity index is 3390. The van der Waals surface area contributed by atoms with Gasteiger partial charge in [0.2, 0.25) is 0 Å². The van der Waals surface area contributed by atoms with Gasteiger partial charge in [-0.05, 0) is 131 Å². The Balaban J connectivity index is 1.10. The van der Waals surface area contributed by atoms with E-state index in [1.165, 1.54) is 88.0 Å². The molecule has 0 N–H and O–H groups in total. The van der Waals surface area contributed by atoms with Crippen LogP contribution < -0.4 is 10.4 Å². The Hall–Kier alpha value is -7.10. The summed E-state index contributed by atoms with van der Waals surface area (Å²) in [6, 6.07) is 60.2. The van der Waals surface area contributed by atoms with E-state index in [9.17, 15) is 0 Å². The minimum absolute atomic E-state index is 0.0911. The molecule has 1 aromatic heterocycles. The van der Waals surface area contributed by atoms with E-state index >= 15 is 0 Å². The number of rotatable bonds is 5. The summed E-state index contributed by atoms with van der Waals surface area (Å²) < 4.78 is 2.18. The summed E-state index contributed by atoms with van der Waals surface area (Å²) >= 11 is 0. The van der Waals surface area contributed by atoms with E-state index in [1.54, 1.807) is 0 Å². The van der Waals surface area contributed by atoms with Gasteiger partial charge in [-0.25, -0.2) is 0 Å². The smallest absolute Gasteiger partial charge is 0.168 e. The van der Waals surface area contributed by atoms with Crippen LogP contribution in [0.15, 0.2) is 164 Å². The van der Waals surface area contributed by atoms with Gasteiger partial charge in [-0.15, -0.1) is 10.2 Å². The molecule has 292 valence electrons. The molecule has 0 fully saturated rings. The van der Waals surface area contributed by atoms with Crippen molar-refractivity contribution in [3.8, 4) is 73.0 Å². The van der Waals surface area contributed by atoms with Gasteiger partial charge < -0.3 is 0 Å². The van der Waals surface area contributed by atoms with Crippen molar-refractivity contribution in [3.05, 3.63) is 196 Å². The van der Waals surface area contributed by atoms with Crippen LogP contribution in [0.3, 0.4) is 0 Å². The number of nitrogens with zero attached hydrogens (tertiary/aromatic N) is 3. The number of hydrogen-bond donors (Lipinski definition) is 0. The second kappa shape index (κ2) is 13.2. The van der Waals surface area contributed by atoms with E-state index < -0.39 is 0 Å². The van der Waals surface area contributed by atoms with E-state index in [0.717, 1.165) is 41.3 Å². The van der Waals surface area contributed by atoms with Crippen molar-refractivity contribution in [3.63, 3.8) is 0 Å². The Kier molecular flexibility index (Phi) is 7.75. The van der Waals surface area contributed by atoms with E-state index in [0.29, 0.717) is 0 Å².